The summed E-state index contributed by atoms with van der Waals surface area (Å²) in [6, 6.07) is -0.287. The molecule has 0 bridgehead atoms. The van der Waals surface area contributed by atoms with Gasteiger partial charge >= 0.3 is 6.16 Å². The minimum absolute atomic E-state index is 0. The van der Waals surface area contributed by atoms with Crippen molar-refractivity contribution in [3.05, 3.63) is 0 Å². The normalized spacial score (nSPS) is 21.9. The molecule has 0 aromatic carbocycles. The molecule has 2 amide bonds. The fourth-order valence-corrected chi connectivity index (χ4v) is 2.72. The Labute approximate surface area is 153 Å². The minimum Gasteiger partial charge on any atom is -0.432 e. The molecule has 2 unspecified atom stereocenters. The largest absolute Gasteiger partial charge is 0.508 e. The first kappa shape index (κ1) is 21.5. The number of nitrogens with one attached hydrogen (secondary N) is 4. The van der Waals surface area contributed by atoms with E-state index in [1.165, 1.54) is 0 Å². The summed E-state index contributed by atoms with van der Waals surface area (Å²) >= 11 is 0. The van der Waals surface area contributed by atoms with E-state index in [0.29, 0.717) is 0 Å². The molecular formula is C15H27ClN4O5. The van der Waals surface area contributed by atoms with Crippen molar-refractivity contribution in [3.63, 3.8) is 0 Å². The Morgan fingerprint density at radius 2 is 1.28 bits per heavy atom. The molecule has 2 heterocycles. The number of amides is 2. The quantitative estimate of drug-likeness (QED) is 0.326. The number of hydrogen-bond acceptors (Lipinski definition) is 7. The molecule has 2 atom stereocenters. The third-order valence-electron chi connectivity index (χ3n) is 4.00. The van der Waals surface area contributed by atoms with Crippen molar-refractivity contribution in [2.45, 2.75) is 37.8 Å². The molecule has 0 radical (unpaired) electrons. The summed E-state index contributed by atoms with van der Waals surface area (Å²) in [6.07, 6.45) is 2.84. The standard InChI is InChI=1S/C15H26N4O5.ClH/c20-13(11-3-1-5-16-11)18-7-9-23-15(22)24-10-8-19-14(21)12-4-2-6-17-12;/h11-12,16-17H,1-10H2,(H,18,20)(H,19,21);1H. The Balaban J connectivity index is 0.00000312. The smallest absolute Gasteiger partial charge is 0.432 e. The second kappa shape index (κ2) is 11.9. The highest BCUT2D eigenvalue weighted by Gasteiger charge is 2.22. The topological polar surface area (TPSA) is 118 Å². The van der Waals surface area contributed by atoms with Crippen molar-refractivity contribution in [1.29, 1.82) is 0 Å². The molecule has 4 N–H and O–H groups in total. The van der Waals surface area contributed by atoms with Crippen LogP contribution in [0.4, 0.5) is 4.79 Å². The van der Waals surface area contributed by atoms with Gasteiger partial charge in [-0.05, 0) is 38.8 Å². The Bertz CT molecular complexity index is 402. The number of rotatable bonds is 8. The first-order valence-electron chi connectivity index (χ1n) is 8.48. The van der Waals surface area contributed by atoms with Gasteiger partial charge in [0.15, 0.2) is 0 Å². The summed E-state index contributed by atoms with van der Waals surface area (Å²) in [4.78, 5) is 34.7. The minimum atomic E-state index is -0.809. The van der Waals surface area contributed by atoms with Gasteiger partial charge in [-0.25, -0.2) is 4.79 Å². The predicted molar refractivity (Wildman–Crippen MR) is 92.6 cm³/mol. The van der Waals surface area contributed by atoms with Gasteiger partial charge in [0.05, 0.1) is 25.2 Å². The van der Waals surface area contributed by atoms with Gasteiger partial charge in [0, 0.05) is 0 Å². The van der Waals surface area contributed by atoms with Gasteiger partial charge in [0.25, 0.3) is 0 Å². The van der Waals surface area contributed by atoms with Crippen LogP contribution >= 0.6 is 12.4 Å². The van der Waals surface area contributed by atoms with E-state index >= 15 is 0 Å². The molecule has 2 rings (SSSR count). The van der Waals surface area contributed by atoms with Gasteiger partial charge in [-0.15, -0.1) is 12.4 Å². The maximum Gasteiger partial charge on any atom is 0.508 e. The molecule has 144 valence electrons. The first-order valence-corrected chi connectivity index (χ1v) is 8.48. The lowest BCUT2D eigenvalue weighted by molar-refractivity contribution is -0.123. The molecule has 0 saturated carbocycles. The van der Waals surface area contributed by atoms with Crippen LogP contribution in [0.25, 0.3) is 0 Å². The van der Waals surface area contributed by atoms with Crippen LogP contribution in [0.15, 0.2) is 0 Å². The van der Waals surface area contributed by atoms with Crippen LogP contribution in [0.2, 0.25) is 0 Å². The summed E-state index contributed by atoms with van der Waals surface area (Å²) in [7, 11) is 0. The third-order valence-corrected chi connectivity index (χ3v) is 4.00. The van der Waals surface area contributed by atoms with Gasteiger partial charge in [0.1, 0.15) is 13.2 Å². The average molecular weight is 379 g/mol. The lowest BCUT2D eigenvalue weighted by Gasteiger charge is -2.12. The summed E-state index contributed by atoms with van der Waals surface area (Å²) in [6.45, 7) is 2.31. The fourth-order valence-electron chi connectivity index (χ4n) is 2.72. The predicted octanol–water partition coefficient (Wildman–Crippen LogP) is -0.702. The molecule has 0 aromatic heterocycles. The molecule has 25 heavy (non-hydrogen) atoms. The summed E-state index contributed by atoms with van der Waals surface area (Å²) in [5.74, 6) is -0.152. The average Bonchev–Trinajstić information content (AvgIpc) is 3.28. The SMILES string of the molecule is Cl.O=C(OCCNC(=O)C1CCCN1)OCCNC(=O)C1CCCN1. The molecule has 0 aliphatic carbocycles. The number of hydrogen-bond donors (Lipinski definition) is 4. The van der Waals surface area contributed by atoms with Crippen LogP contribution < -0.4 is 21.3 Å². The van der Waals surface area contributed by atoms with Gasteiger partial charge in [-0.3, -0.25) is 9.59 Å². The maximum atomic E-state index is 11.7. The van der Waals surface area contributed by atoms with Gasteiger partial charge < -0.3 is 30.7 Å². The van der Waals surface area contributed by atoms with Crippen molar-refractivity contribution in [3.8, 4) is 0 Å². The van der Waals surface area contributed by atoms with Crippen molar-refractivity contribution >= 4 is 30.4 Å². The third kappa shape index (κ3) is 7.89. The molecule has 0 spiro atoms. The molecule has 0 aromatic rings. The van der Waals surface area contributed by atoms with Crippen LogP contribution in [0.3, 0.4) is 0 Å². The number of carbonyl (C=O) groups is 3. The lowest BCUT2D eigenvalue weighted by Crippen LogP contribution is -2.42. The van der Waals surface area contributed by atoms with E-state index in [0.717, 1.165) is 38.8 Å². The zero-order chi connectivity index (χ0) is 17.2. The zero-order valence-electron chi connectivity index (χ0n) is 14.2. The van der Waals surface area contributed by atoms with E-state index in [9.17, 15) is 14.4 Å². The highest BCUT2D eigenvalue weighted by molar-refractivity contribution is 5.85. The second-order valence-electron chi connectivity index (χ2n) is 5.83. The Hall–Kier alpha value is -1.58. The summed E-state index contributed by atoms with van der Waals surface area (Å²) in [5, 5.41) is 11.6. The molecule has 9 nitrogen and oxygen atoms in total. The maximum absolute atomic E-state index is 11.7. The van der Waals surface area contributed by atoms with E-state index in [4.69, 9.17) is 9.47 Å². The van der Waals surface area contributed by atoms with E-state index in [1.54, 1.807) is 0 Å². The summed E-state index contributed by atoms with van der Waals surface area (Å²) < 4.78 is 9.68. The van der Waals surface area contributed by atoms with Crippen molar-refractivity contribution < 1.29 is 23.9 Å². The van der Waals surface area contributed by atoms with Crippen LogP contribution in [-0.2, 0) is 19.1 Å². The Morgan fingerprint density at radius 1 is 0.840 bits per heavy atom. The van der Waals surface area contributed by atoms with Crippen molar-refractivity contribution in [1.82, 2.24) is 21.3 Å². The van der Waals surface area contributed by atoms with Gasteiger partial charge in [-0.2, -0.15) is 0 Å². The van der Waals surface area contributed by atoms with Gasteiger partial charge in [0.2, 0.25) is 11.8 Å². The second-order valence-corrected chi connectivity index (χ2v) is 5.83. The Kier molecular flexibility index (Phi) is 10.2. The monoisotopic (exact) mass is 378 g/mol. The van der Waals surface area contributed by atoms with E-state index in [2.05, 4.69) is 21.3 Å². The highest BCUT2D eigenvalue weighted by Crippen LogP contribution is 2.04. The van der Waals surface area contributed by atoms with E-state index in [1.807, 2.05) is 0 Å². The van der Waals surface area contributed by atoms with Crippen LogP contribution in [-0.4, -0.2) is 69.4 Å². The number of halogens is 1. The molecular weight excluding hydrogens is 352 g/mol. The molecule has 2 aliphatic heterocycles. The fraction of sp³-hybridized carbons (Fsp3) is 0.800. The number of carbonyl (C=O) groups excluding carboxylic acids is 3. The van der Waals surface area contributed by atoms with Crippen LogP contribution in [0, 0.1) is 0 Å². The highest BCUT2D eigenvalue weighted by atomic mass is 35.5. The van der Waals surface area contributed by atoms with Gasteiger partial charge in [-0.1, -0.05) is 0 Å². The van der Waals surface area contributed by atoms with Crippen molar-refractivity contribution in [2.24, 2.45) is 0 Å². The molecule has 10 heteroatoms. The van der Waals surface area contributed by atoms with E-state index in [-0.39, 0.29) is 62.6 Å². The summed E-state index contributed by atoms with van der Waals surface area (Å²) in [5.41, 5.74) is 0. The van der Waals surface area contributed by atoms with Crippen molar-refractivity contribution in [2.75, 3.05) is 39.4 Å². The van der Waals surface area contributed by atoms with Crippen LogP contribution in [0.1, 0.15) is 25.7 Å². The lowest BCUT2D eigenvalue weighted by atomic mass is 10.2. The molecule has 2 fully saturated rings. The van der Waals surface area contributed by atoms with Crippen LogP contribution in [0.5, 0.6) is 0 Å². The number of ether oxygens (including phenoxy) is 2. The first-order chi connectivity index (χ1) is 11.7. The zero-order valence-corrected chi connectivity index (χ0v) is 15.0. The molecule has 2 saturated heterocycles. The van der Waals surface area contributed by atoms with E-state index < -0.39 is 6.16 Å². The molecule has 2 aliphatic rings. The Morgan fingerprint density at radius 3 is 1.64 bits per heavy atom.